The summed E-state index contributed by atoms with van der Waals surface area (Å²) in [7, 11) is 0. The Hall–Kier alpha value is -1.36. The Balaban J connectivity index is 1.54. The van der Waals surface area contributed by atoms with Gasteiger partial charge in [-0.3, -0.25) is 4.79 Å². The minimum atomic E-state index is 0.259. The van der Waals surface area contributed by atoms with Gasteiger partial charge in [0.05, 0.1) is 0 Å². The molecule has 2 saturated heterocycles. The maximum absolute atomic E-state index is 12.7. The number of nitrogens with zero attached hydrogens (tertiary/aromatic N) is 4. The summed E-state index contributed by atoms with van der Waals surface area (Å²) in [5.74, 6) is 1.18. The van der Waals surface area contributed by atoms with Gasteiger partial charge in [-0.25, -0.2) is 4.98 Å². The number of piperidine rings is 2. The second-order valence-electron chi connectivity index (χ2n) is 7.03. The zero-order chi connectivity index (χ0) is 16.1. The number of amides is 1. The molecule has 0 bridgehead atoms. The first-order valence-corrected chi connectivity index (χ1v) is 9.23. The predicted molar refractivity (Wildman–Crippen MR) is 91.2 cm³/mol. The summed E-state index contributed by atoms with van der Waals surface area (Å²) >= 11 is 0. The molecule has 0 aromatic carbocycles. The molecule has 1 atom stereocenters. The molecule has 128 valence electrons. The van der Waals surface area contributed by atoms with E-state index in [1.54, 1.807) is 6.20 Å². The molecule has 0 N–H and O–H groups in total. The van der Waals surface area contributed by atoms with Crippen molar-refractivity contribution in [3.63, 3.8) is 0 Å². The molecule has 3 rings (SSSR count). The minimum Gasteiger partial charge on any atom is -0.338 e. The molecule has 1 aromatic heterocycles. The molecular weight excluding hydrogens is 288 g/mol. The fraction of sp³-hybridized carbons (Fsp3) is 0.778. The Labute approximate surface area is 139 Å². The van der Waals surface area contributed by atoms with Crippen LogP contribution < -0.4 is 0 Å². The van der Waals surface area contributed by atoms with E-state index in [-0.39, 0.29) is 5.91 Å². The number of hydrogen-bond acceptors (Lipinski definition) is 3. The first-order chi connectivity index (χ1) is 11.2. The summed E-state index contributed by atoms with van der Waals surface area (Å²) in [5, 5.41) is 0. The van der Waals surface area contributed by atoms with Crippen LogP contribution in [0, 0.1) is 6.92 Å². The van der Waals surface area contributed by atoms with Crippen LogP contribution in [0.15, 0.2) is 12.4 Å². The third-order valence-corrected chi connectivity index (χ3v) is 5.40. The van der Waals surface area contributed by atoms with Crippen molar-refractivity contribution in [2.24, 2.45) is 0 Å². The highest BCUT2D eigenvalue weighted by atomic mass is 16.2. The largest absolute Gasteiger partial charge is 0.338 e. The van der Waals surface area contributed by atoms with Crippen LogP contribution in [-0.4, -0.2) is 57.5 Å². The van der Waals surface area contributed by atoms with Crippen LogP contribution in [0.3, 0.4) is 0 Å². The van der Waals surface area contributed by atoms with Crippen molar-refractivity contribution in [1.82, 2.24) is 19.4 Å². The van der Waals surface area contributed by atoms with E-state index in [0.717, 1.165) is 31.8 Å². The van der Waals surface area contributed by atoms with Crippen LogP contribution in [0.2, 0.25) is 0 Å². The highest BCUT2D eigenvalue weighted by Crippen LogP contribution is 2.21. The molecule has 5 heteroatoms. The molecule has 3 heterocycles. The summed E-state index contributed by atoms with van der Waals surface area (Å²) in [6.45, 7) is 6.96. The number of imidazole rings is 1. The van der Waals surface area contributed by atoms with Gasteiger partial charge in [-0.2, -0.15) is 0 Å². The highest BCUT2D eigenvalue weighted by Gasteiger charge is 2.27. The van der Waals surface area contributed by atoms with Crippen LogP contribution in [0.4, 0.5) is 0 Å². The minimum absolute atomic E-state index is 0.259. The molecule has 2 fully saturated rings. The van der Waals surface area contributed by atoms with Crippen LogP contribution in [-0.2, 0) is 11.3 Å². The van der Waals surface area contributed by atoms with Gasteiger partial charge >= 0.3 is 0 Å². The Bertz CT molecular complexity index is 507. The summed E-state index contributed by atoms with van der Waals surface area (Å²) in [6, 6.07) is 0.432. The zero-order valence-corrected chi connectivity index (χ0v) is 14.4. The predicted octanol–water partition coefficient (Wildman–Crippen LogP) is 2.45. The Morgan fingerprint density at radius 3 is 2.70 bits per heavy atom. The number of carbonyl (C=O) groups is 1. The van der Waals surface area contributed by atoms with Crippen molar-refractivity contribution in [3.05, 3.63) is 18.2 Å². The van der Waals surface area contributed by atoms with Gasteiger partial charge in [0.25, 0.3) is 0 Å². The number of carbonyl (C=O) groups excluding carboxylic acids is 1. The third kappa shape index (κ3) is 4.34. The van der Waals surface area contributed by atoms with Crippen molar-refractivity contribution >= 4 is 5.91 Å². The summed E-state index contributed by atoms with van der Waals surface area (Å²) in [5.41, 5.74) is 0. The van der Waals surface area contributed by atoms with Crippen molar-refractivity contribution < 1.29 is 4.79 Å². The average molecular weight is 318 g/mol. The summed E-state index contributed by atoms with van der Waals surface area (Å²) < 4.78 is 1.96. The maximum atomic E-state index is 12.7. The standard InChI is InChI=1S/C18H30N4O/c1-16-19-9-14-21(16)15-18(23)22-12-6-3-7-17(22)8-13-20-10-4-2-5-11-20/h9,14,17H,2-8,10-13,15H2,1H3/t17-/m0/s1. The van der Waals surface area contributed by atoms with Crippen LogP contribution in [0.25, 0.3) is 0 Å². The average Bonchev–Trinajstić information content (AvgIpc) is 2.99. The number of aromatic nitrogens is 2. The fourth-order valence-electron chi connectivity index (χ4n) is 3.95. The third-order valence-electron chi connectivity index (χ3n) is 5.40. The fourth-order valence-corrected chi connectivity index (χ4v) is 3.95. The summed E-state index contributed by atoms with van der Waals surface area (Å²) in [4.78, 5) is 21.7. The van der Waals surface area contributed by atoms with Gasteiger partial charge in [-0.1, -0.05) is 6.42 Å². The lowest BCUT2D eigenvalue weighted by Crippen LogP contribution is -2.46. The van der Waals surface area contributed by atoms with Crippen LogP contribution in [0.5, 0.6) is 0 Å². The van der Waals surface area contributed by atoms with Gasteiger partial charge in [-0.05, 0) is 58.5 Å². The molecule has 0 unspecified atom stereocenters. The van der Waals surface area contributed by atoms with Crippen molar-refractivity contribution in [3.8, 4) is 0 Å². The Kier molecular flexibility index (Phi) is 5.70. The van der Waals surface area contributed by atoms with Crippen molar-refractivity contribution in [1.29, 1.82) is 0 Å². The molecular formula is C18H30N4O. The molecule has 5 nitrogen and oxygen atoms in total. The zero-order valence-electron chi connectivity index (χ0n) is 14.4. The first kappa shape index (κ1) is 16.5. The van der Waals surface area contributed by atoms with E-state index in [0.29, 0.717) is 12.6 Å². The van der Waals surface area contributed by atoms with E-state index < -0.39 is 0 Å². The lowest BCUT2D eigenvalue weighted by molar-refractivity contribution is -0.135. The van der Waals surface area contributed by atoms with Gasteiger partial charge in [-0.15, -0.1) is 0 Å². The smallest absolute Gasteiger partial charge is 0.242 e. The number of aryl methyl sites for hydroxylation is 1. The molecule has 1 aromatic rings. The monoisotopic (exact) mass is 318 g/mol. The van der Waals surface area contributed by atoms with E-state index >= 15 is 0 Å². The molecule has 0 aliphatic carbocycles. The molecule has 2 aliphatic heterocycles. The van der Waals surface area contributed by atoms with Gasteiger partial charge in [0, 0.05) is 31.5 Å². The topological polar surface area (TPSA) is 41.4 Å². The second-order valence-corrected chi connectivity index (χ2v) is 7.03. The van der Waals surface area contributed by atoms with Gasteiger partial charge in [0.2, 0.25) is 5.91 Å². The molecule has 0 saturated carbocycles. The van der Waals surface area contributed by atoms with E-state index in [4.69, 9.17) is 0 Å². The lowest BCUT2D eigenvalue weighted by atomic mass is 9.98. The highest BCUT2D eigenvalue weighted by molar-refractivity contribution is 5.76. The Morgan fingerprint density at radius 1 is 1.17 bits per heavy atom. The van der Waals surface area contributed by atoms with Crippen LogP contribution >= 0.6 is 0 Å². The molecule has 23 heavy (non-hydrogen) atoms. The SMILES string of the molecule is Cc1nccn1CC(=O)N1CCCC[C@H]1CCN1CCCCC1. The normalized spacial score (nSPS) is 23.2. The molecule has 0 spiro atoms. The first-order valence-electron chi connectivity index (χ1n) is 9.23. The molecule has 2 aliphatic rings. The van der Waals surface area contributed by atoms with E-state index in [2.05, 4.69) is 14.8 Å². The van der Waals surface area contributed by atoms with Crippen LogP contribution in [0.1, 0.15) is 50.8 Å². The van der Waals surface area contributed by atoms with Gasteiger partial charge in [0.15, 0.2) is 0 Å². The number of likely N-dealkylation sites (tertiary alicyclic amines) is 2. The molecule has 0 radical (unpaired) electrons. The van der Waals surface area contributed by atoms with Crippen molar-refractivity contribution in [2.45, 2.75) is 64.5 Å². The number of hydrogen-bond donors (Lipinski definition) is 0. The Morgan fingerprint density at radius 2 is 1.96 bits per heavy atom. The van der Waals surface area contributed by atoms with E-state index in [1.807, 2.05) is 17.7 Å². The van der Waals surface area contributed by atoms with Crippen molar-refractivity contribution in [2.75, 3.05) is 26.2 Å². The van der Waals surface area contributed by atoms with Gasteiger partial charge in [0.1, 0.15) is 12.4 Å². The van der Waals surface area contributed by atoms with E-state index in [1.165, 1.54) is 45.2 Å². The second kappa shape index (κ2) is 7.95. The van der Waals surface area contributed by atoms with Gasteiger partial charge < -0.3 is 14.4 Å². The number of rotatable bonds is 5. The maximum Gasteiger partial charge on any atom is 0.242 e. The lowest BCUT2D eigenvalue weighted by Gasteiger charge is -2.37. The summed E-state index contributed by atoms with van der Waals surface area (Å²) in [6.07, 6.45) is 12.5. The molecule has 1 amide bonds. The quantitative estimate of drug-likeness (QED) is 0.837. The van der Waals surface area contributed by atoms with E-state index in [9.17, 15) is 4.79 Å².